The zero-order chi connectivity index (χ0) is 14.0. The molecule has 5 heteroatoms. The molecule has 20 heavy (non-hydrogen) atoms. The summed E-state index contributed by atoms with van der Waals surface area (Å²) >= 11 is 5.27. The number of aromatic nitrogens is 1. The van der Waals surface area contributed by atoms with Crippen LogP contribution in [0.2, 0.25) is 0 Å². The fourth-order valence-corrected chi connectivity index (χ4v) is 2.69. The lowest BCUT2D eigenvalue weighted by Crippen LogP contribution is -2.32. The first-order valence-corrected chi connectivity index (χ1v) is 7.93. The van der Waals surface area contributed by atoms with Crippen molar-refractivity contribution in [3.05, 3.63) is 24.5 Å². The molecule has 1 aromatic heterocycles. The van der Waals surface area contributed by atoms with Gasteiger partial charge in [0.15, 0.2) is 5.11 Å². The van der Waals surface area contributed by atoms with Gasteiger partial charge >= 0.3 is 0 Å². The molecule has 0 atom stereocenters. The first-order valence-electron chi connectivity index (χ1n) is 7.52. The second kappa shape index (κ2) is 8.87. The van der Waals surface area contributed by atoms with E-state index < -0.39 is 0 Å². The predicted octanol–water partition coefficient (Wildman–Crippen LogP) is 2.63. The third-order valence-electron chi connectivity index (χ3n) is 3.57. The Labute approximate surface area is 127 Å². The van der Waals surface area contributed by atoms with Gasteiger partial charge in [0.1, 0.15) is 0 Å². The smallest absolute Gasteiger partial charge is 0.170 e. The van der Waals surface area contributed by atoms with Crippen LogP contribution < -0.4 is 10.6 Å². The van der Waals surface area contributed by atoms with Gasteiger partial charge in [-0.15, -0.1) is 0 Å². The summed E-state index contributed by atoms with van der Waals surface area (Å²) in [5, 5.41) is 7.10. The Bertz CT molecular complexity index is 388. The summed E-state index contributed by atoms with van der Waals surface area (Å²) in [5.74, 6) is 0. The molecule has 2 rings (SSSR count). The minimum Gasteiger partial charge on any atom is -0.362 e. The Morgan fingerprint density at radius 3 is 2.55 bits per heavy atom. The highest BCUT2D eigenvalue weighted by Crippen LogP contribution is 2.09. The Hall–Kier alpha value is -1.20. The standard InChI is InChI=1S/C15H24N4S/c20-15(18-14-6-9-16-10-7-14)17-8-5-13-19-11-3-1-2-4-12-19/h6-7,9-10H,1-5,8,11-13H2,(H2,16,17,18,20). The Balaban J connectivity index is 1.57. The molecule has 2 N–H and O–H groups in total. The topological polar surface area (TPSA) is 40.2 Å². The van der Waals surface area contributed by atoms with Crippen molar-refractivity contribution in [2.75, 3.05) is 31.5 Å². The molecule has 0 radical (unpaired) electrons. The Morgan fingerprint density at radius 2 is 1.85 bits per heavy atom. The second-order valence-electron chi connectivity index (χ2n) is 5.23. The van der Waals surface area contributed by atoms with Crippen LogP contribution in [0.1, 0.15) is 32.1 Å². The van der Waals surface area contributed by atoms with Gasteiger partial charge in [-0.25, -0.2) is 0 Å². The number of rotatable bonds is 5. The van der Waals surface area contributed by atoms with E-state index in [0.717, 1.165) is 18.7 Å². The minimum absolute atomic E-state index is 0.687. The van der Waals surface area contributed by atoms with Gasteiger partial charge < -0.3 is 15.5 Å². The maximum atomic E-state index is 5.27. The van der Waals surface area contributed by atoms with Crippen molar-refractivity contribution in [2.45, 2.75) is 32.1 Å². The molecule has 0 saturated carbocycles. The maximum absolute atomic E-state index is 5.27. The van der Waals surface area contributed by atoms with Crippen molar-refractivity contribution in [1.29, 1.82) is 0 Å². The van der Waals surface area contributed by atoms with Crippen molar-refractivity contribution in [3.63, 3.8) is 0 Å². The summed E-state index contributed by atoms with van der Waals surface area (Å²) in [6, 6.07) is 3.82. The molecule has 1 saturated heterocycles. The molecule has 1 aliphatic rings. The molecule has 0 spiro atoms. The van der Waals surface area contributed by atoms with Crippen LogP contribution in [0.5, 0.6) is 0 Å². The molecular weight excluding hydrogens is 268 g/mol. The van der Waals surface area contributed by atoms with E-state index in [4.69, 9.17) is 12.2 Å². The zero-order valence-electron chi connectivity index (χ0n) is 12.0. The Morgan fingerprint density at radius 1 is 1.15 bits per heavy atom. The lowest BCUT2D eigenvalue weighted by atomic mass is 10.2. The quantitative estimate of drug-likeness (QED) is 0.645. The number of likely N-dealkylation sites (tertiary alicyclic amines) is 1. The number of thiocarbonyl (C=S) groups is 1. The molecular formula is C15H24N4S. The number of pyridine rings is 1. The summed E-state index contributed by atoms with van der Waals surface area (Å²) in [5.41, 5.74) is 0.977. The van der Waals surface area contributed by atoms with E-state index in [1.54, 1.807) is 12.4 Å². The molecule has 0 aromatic carbocycles. The van der Waals surface area contributed by atoms with Gasteiger partial charge in [-0.3, -0.25) is 4.98 Å². The van der Waals surface area contributed by atoms with Crippen LogP contribution in [-0.2, 0) is 0 Å². The van der Waals surface area contributed by atoms with Gasteiger partial charge in [0, 0.05) is 24.6 Å². The monoisotopic (exact) mass is 292 g/mol. The van der Waals surface area contributed by atoms with Crippen molar-refractivity contribution >= 4 is 23.0 Å². The van der Waals surface area contributed by atoms with Crippen molar-refractivity contribution < 1.29 is 0 Å². The third-order valence-corrected chi connectivity index (χ3v) is 3.82. The lowest BCUT2D eigenvalue weighted by Gasteiger charge is -2.19. The van der Waals surface area contributed by atoms with E-state index in [1.807, 2.05) is 12.1 Å². The number of anilines is 1. The summed E-state index contributed by atoms with van der Waals surface area (Å²) < 4.78 is 0. The molecule has 1 fully saturated rings. The number of hydrogen-bond acceptors (Lipinski definition) is 3. The van der Waals surface area contributed by atoms with Crippen LogP contribution in [0.15, 0.2) is 24.5 Å². The number of nitrogens with one attached hydrogen (secondary N) is 2. The molecule has 0 amide bonds. The van der Waals surface area contributed by atoms with Gasteiger partial charge in [0.25, 0.3) is 0 Å². The fourth-order valence-electron chi connectivity index (χ4n) is 2.47. The molecule has 0 aliphatic carbocycles. The van der Waals surface area contributed by atoms with Gasteiger partial charge in [0.2, 0.25) is 0 Å². The normalized spacial score (nSPS) is 16.4. The highest BCUT2D eigenvalue weighted by Gasteiger charge is 2.07. The van der Waals surface area contributed by atoms with Crippen molar-refractivity contribution in [3.8, 4) is 0 Å². The van der Waals surface area contributed by atoms with Gasteiger partial charge in [-0.2, -0.15) is 0 Å². The average Bonchev–Trinajstić information content (AvgIpc) is 2.73. The SMILES string of the molecule is S=C(NCCCN1CCCCCC1)Nc1ccncc1. The maximum Gasteiger partial charge on any atom is 0.170 e. The highest BCUT2D eigenvalue weighted by molar-refractivity contribution is 7.80. The van der Waals surface area contributed by atoms with E-state index in [1.165, 1.54) is 45.3 Å². The first-order chi connectivity index (χ1) is 9.84. The van der Waals surface area contributed by atoms with Gasteiger partial charge in [-0.05, 0) is 63.2 Å². The van der Waals surface area contributed by atoms with Gasteiger partial charge in [0.05, 0.1) is 0 Å². The first kappa shape index (κ1) is 15.2. The largest absolute Gasteiger partial charge is 0.362 e. The molecule has 0 bridgehead atoms. The fraction of sp³-hybridized carbons (Fsp3) is 0.600. The summed E-state index contributed by atoms with van der Waals surface area (Å²) in [6.07, 6.45) is 10.2. The van der Waals surface area contributed by atoms with Crippen LogP contribution >= 0.6 is 12.2 Å². The van der Waals surface area contributed by atoms with Crippen LogP contribution in [0.25, 0.3) is 0 Å². The lowest BCUT2D eigenvalue weighted by molar-refractivity contribution is 0.282. The van der Waals surface area contributed by atoms with E-state index >= 15 is 0 Å². The van der Waals surface area contributed by atoms with E-state index in [2.05, 4.69) is 20.5 Å². The molecule has 1 aromatic rings. The number of hydrogen-bond donors (Lipinski definition) is 2. The highest BCUT2D eigenvalue weighted by atomic mass is 32.1. The molecule has 110 valence electrons. The van der Waals surface area contributed by atoms with Crippen molar-refractivity contribution in [1.82, 2.24) is 15.2 Å². The van der Waals surface area contributed by atoms with E-state index in [0.29, 0.717) is 5.11 Å². The minimum atomic E-state index is 0.687. The second-order valence-corrected chi connectivity index (χ2v) is 5.63. The van der Waals surface area contributed by atoms with Crippen LogP contribution in [0, 0.1) is 0 Å². The van der Waals surface area contributed by atoms with Crippen LogP contribution in [0.4, 0.5) is 5.69 Å². The number of nitrogens with zero attached hydrogens (tertiary/aromatic N) is 2. The van der Waals surface area contributed by atoms with E-state index in [9.17, 15) is 0 Å². The van der Waals surface area contributed by atoms with Crippen LogP contribution in [0.3, 0.4) is 0 Å². The van der Waals surface area contributed by atoms with Gasteiger partial charge in [-0.1, -0.05) is 12.8 Å². The summed E-state index contributed by atoms with van der Waals surface area (Å²) in [6.45, 7) is 4.62. The summed E-state index contributed by atoms with van der Waals surface area (Å²) in [7, 11) is 0. The van der Waals surface area contributed by atoms with Crippen LogP contribution in [-0.4, -0.2) is 41.2 Å². The predicted molar refractivity (Wildman–Crippen MR) is 88.0 cm³/mol. The third kappa shape index (κ3) is 5.84. The Kier molecular flexibility index (Phi) is 6.74. The zero-order valence-corrected chi connectivity index (χ0v) is 12.8. The molecule has 1 aliphatic heterocycles. The molecule has 0 unspecified atom stereocenters. The van der Waals surface area contributed by atoms with E-state index in [-0.39, 0.29) is 0 Å². The summed E-state index contributed by atoms with van der Waals surface area (Å²) in [4.78, 5) is 6.56. The van der Waals surface area contributed by atoms with Crippen molar-refractivity contribution in [2.24, 2.45) is 0 Å². The molecule has 2 heterocycles. The average molecular weight is 292 g/mol. The molecule has 4 nitrogen and oxygen atoms in total.